The lowest BCUT2D eigenvalue weighted by molar-refractivity contribution is -0.143. The van der Waals surface area contributed by atoms with Crippen molar-refractivity contribution in [3.05, 3.63) is 54.1 Å². The van der Waals surface area contributed by atoms with Crippen LogP contribution in [0.15, 0.2) is 42.9 Å². The van der Waals surface area contributed by atoms with Crippen molar-refractivity contribution in [2.45, 2.75) is 122 Å². The number of aromatic nitrogens is 2. The number of benzene rings is 1. The number of carboxylic acid groups (broad SMARTS) is 1. The van der Waals surface area contributed by atoms with Crippen LogP contribution < -0.4 is 48.7 Å². The molecule has 0 spiro atoms. The van der Waals surface area contributed by atoms with Crippen LogP contribution in [0.5, 0.6) is 0 Å². The number of aromatic amines is 1. The number of rotatable bonds is 28. The van der Waals surface area contributed by atoms with Crippen molar-refractivity contribution in [2.24, 2.45) is 23.3 Å². The van der Waals surface area contributed by atoms with E-state index in [-0.39, 0.29) is 37.4 Å². The molecule has 0 radical (unpaired) electrons. The molecule has 0 aliphatic rings. The molecule has 0 unspecified atom stereocenters. The highest BCUT2D eigenvalue weighted by atomic mass is 32.1. The van der Waals surface area contributed by atoms with Crippen LogP contribution in [0, 0.1) is 11.8 Å². The van der Waals surface area contributed by atoms with Gasteiger partial charge in [0.25, 0.3) is 0 Å². The zero-order valence-electron chi connectivity index (χ0n) is 36.1. The van der Waals surface area contributed by atoms with Gasteiger partial charge in [-0.05, 0) is 56.6 Å². The first-order valence-corrected chi connectivity index (χ1v) is 21.4. The fourth-order valence-corrected chi connectivity index (χ4v) is 6.39. The zero-order valence-corrected chi connectivity index (χ0v) is 37.0. The molecule has 13 N–H and O–H groups in total. The summed E-state index contributed by atoms with van der Waals surface area (Å²) in [6.07, 6.45) is 4.51. The van der Waals surface area contributed by atoms with E-state index in [0.717, 1.165) is 0 Å². The Morgan fingerprint density at radius 1 is 0.742 bits per heavy atom. The minimum absolute atomic E-state index is 0.0259. The Labute approximate surface area is 367 Å². The van der Waals surface area contributed by atoms with Gasteiger partial charge in [0.05, 0.1) is 18.9 Å². The Morgan fingerprint density at radius 3 is 1.90 bits per heavy atom. The number of aliphatic carboxylic acids is 1. The summed E-state index contributed by atoms with van der Waals surface area (Å²) < 4.78 is 0. The number of imidazole rings is 1. The monoisotopic (exact) mass is 887 g/mol. The van der Waals surface area contributed by atoms with Gasteiger partial charge in [0.2, 0.25) is 41.4 Å². The molecule has 0 bridgehead atoms. The number of nitrogens with zero attached hydrogens (tertiary/aromatic N) is 1. The highest BCUT2D eigenvalue weighted by molar-refractivity contribution is 7.80. The molecule has 1 aromatic carbocycles. The molecule has 21 heteroatoms. The summed E-state index contributed by atoms with van der Waals surface area (Å²) in [5.41, 5.74) is 12.5. The number of H-pyrrole nitrogens is 1. The van der Waals surface area contributed by atoms with Crippen molar-refractivity contribution >= 4 is 59.9 Å². The number of carbonyl (C=O) groups is 8. The van der Waals surface area contributed by atoms with Crippen molar-refractivity contribution in [2.75, 3.05) is 18.8 Å². The molecule has 2 rings (SSSR count). The normalized spacial score (nSPS) is 15.0. The number of carboxylic acids is 1. The lowest BCUT2D eigenvalue weighted by Gasteiger charge is -2.29. The van der Waals surface area contributed by atoms with E-state index in [2.05, 4.69) is 59.8 Å². The van der Waals surface area contributed by atoms with Crippen molar-refractivity contribution in [1.82, 2.24) is 47.2 Å². The van der Waals surface area contributed by atoms with E-state index in [1.165, 1.54) is 19.4 Å². The van der Waals surface area contributed by atoms with Gasteiger partial charge in [0.15, 0.2) is 0 Å². The summed E-state index contributed by atoms with van der Waals surface area (Å²) in [4.78, 5) is 113. The molecule has 20 nitrogen and oxygen atoms in total. The molecule has 344 valence electrons. The third kappa shape index (κ3) is 18.6. The molecule has 0 aliphatic heterocycles. The molecule has 0 saturated carbocycles. The second-order valence-corrected chi connectivity index (χ2v) is 16.0. The summed E-state index contributed by atoms with van der Waals surface area (Å²) in [6, 6.07) is 0.766. The molecule has 0 fully saturated rings. The SMILES string of the molecule is CC[C@H](C)[C@H](NC(=O)[C@H](Cc1cnc[nH]1)NC(=O)CNC(=O)[C@H](Cc1ccccc1)NC(=O)[C@H](CS)NC(=O)[C@H](C)N)C(=O)N[C@@H](CCCCN)C(=O)N[C@@H](CC(C)C)C(=O)O. The van der Waals surface area contributed by atoms with Gasteiger partial charge in [-0.2, -0.15) is 12.6 Å². The lowest BCUT2D eigenvalue weighted by atomic mass is 9.96. The average Bonchev–Trinajstić information content (AvgIpc) is 3.75. The number of unbranched alkanes of at least 4 members (excludes halogenated alkanes) is 1. The van der Waals surface area contributed by atoms with Crippen molar-refractivity contribution < 1.29 is 43.5 Å². The highest BCUT2D eigenvalue weighted by Gasteiger charge is 2.34. The van der Waals surface area contributed by atoms with Crippen LogP contribution in [-0.2, 0) is 51.2 Å². The Bertz CT molecular complexity index is 1770. The number of hydrogen-bond donors (Lipinski definition) is 12. The molecular formula is C41H65N11O9S. The molecule has 1 heterocycles. The van der Waals surface area contributed by atoms with Crippen LogP contribution in [0.3, 0.4) is 0 Å². The molecule has 0 saturated heterocycles. The second-order valence-electron chi connectivity index (χ2n) is 15.6. The van der Waals surface area contributed by atoms with Gasteiger partial charge in [-0.25, -0.2) is 9.78 Å². The Morgan fingerprint density at radius 2 is 1.34 bits per heavy atom. The largest absolute Gasteiger partial charge is 0.480 e. The first-order valence-electron chi connectivity index (χ1n) is 20.8. The summed E-state index contributed by atoms with van der Waals surface area (Å²) in [7, 11) is 0. The van der Waals surface area contributed by atoms with Gasteiger partial charge < -0.3 is 58.8 Å². The fraction of sp³-hybridized carbons (Fsp3) is 0.585. The third-order valence-electron chi connectivity index (χ3n) is 9.89. The molecule has 8 atom stereocenters. The minimum atomic E-state index is -1.29. The lowest BCUT2D eigenvalue weighted by Crippen LogP contribution is -2.60. The van der Waals surface area contributed by atoms with E-state index in [4.69, 9.17) is 11.5 Å². The average molecular weight is 888 g/mol. The van der Waals surface area contributed by atoms with Crippen molar-refractivity contribution in [1.29, 1.82) is 0 Å². The minimum Gasteiger partial charge on any atom is -0.480 e. The molecule has 0 aliphatic carbocycles. The maximum absolute atomic E-state index is 14.0. The zero-order chi connectivity index (χ0) is 46.4. The van der Waals surface area contributed by atoms with Crippen LogP contribution in [0.25, 0.3) is 0 Å². The molecule has 7 amide bonds. The van der Waals surface area contributed by atoms with Crippen LogP contribution in [0.2, 0.25) is 0 Å². The van der Waals surface area contributed by atoms with Gasteiger partial charge in [0.1, 0.15) is 36.3 Å². The van der Waals surface area contributed by atoms with E-state index in [1.807, 2.05) is 13.8 Å². The molecule has 2 aromatic rings. The molecular weight excluding hydrogens is 823 g/mol. The third-order valence-corrected chi connectivity index (χ3v) is 10.3. The second kappa shape index (κ2) is 27.4. The Balaban J connectivity index is 2.28. The van der Waals surface area contributed by atoms with Gasteiger partial charge in [-0.3, -0.25) is 33.6 Å². The quantitative estimate of drug-likeness (QED) is 0.0355. The maximum atomic E-state index is 14.0. The number of carbonyl (C=O) groups excluding carboxylic acids is 7. The van der Waals surface area contributed by atoms with E-state index in [0.29, 0.717) is 37.1 Å². The number of nitrogens with two attached hydrogens (primary N) is 2. The number of nitrogens with one attached hydrogen (secondary N) is 8. The predicted molar refractivity (Wildman–Crippen MR) is 234 cm³/mol. The topological polar surface area (TPSA) is 322 Å². The summed E-state index contributed by atoms with van der Waals surface area (Å²) in [5.74, 6) is -6.77. The predicted octanol–water partition coefficient (Wildman–Crippen LogP) is -1.20. The van der Waals surface area contributed by atoms with Crippen LogP contribution in [0.1, 0.15) is 78.0 Å². The molecule has 62 heavy (non-hydrogen) atoms. The van der Waals surface area contributed by atoms with Crippen LogP contribution in [0.4, 0.5) is 0 Å². The van der Waals surface area contributed by atoms with E-state index >= 15 is 0 Å². The number of amides is 7. The van der Waals surface area contributed by atoms with Gasteiger partial charge in [0, 0.05) is 30.5 Å². The number of hydrogen-bond acceptors (Lipinski definition) is 12. The standard InChI is InChI=1S/C41H65N11O9S/c1-6-24(4)34(40(59)48-28(14-10-11-15-42)37(56)50-31(41(60)61)16-23(2)3)52-38(57)30(18-27-19-44-22-46-27)47-33(53)20-45-36(55)29(17-26-12-8-7-9-13-26)49-39(58)32(21-62)51-35(54)25(5)43/h7-9,12-13,19,22-25,28-32,34,62H,6,10-11,14-18,20-21,42-43H2,1-5H3,(H,44,46)(H,45,55)(H,47,53)(H,48,59)(H,49,58)(H,50,56)(H,51,54)(H,52,57)(H,60,61)/t24-,25-,28-,29-,30-,31-,32-,34-/m0/s1. The van der Waals surface area contributed by atoms with Gasteiger partial charge in [-0.15, -0.1) is 0 Å². The van der Waals surface area contributed by atoms with Crippen molar-refractivity contribution in [3.63, 3.8) is 0 Å². The first-order chi connectivity index (χ1) is 29.4. The van der Waals surface area contributed by atoms with Crippen molar-refractivity contribution in [3.8, 4) is 0 Å². The maximum Gasteiger partial charge on any atom is 0.326 e. The van der Waals surface area contributed by atoms with Crippen LogP contribution >= 0.6 is 12.6 Å². The first kappa shape index (κ1) is 52.6. The molecule has 1 aromatic heterocycles. The number of thiol groups is 1. The Kier molecular flexibility index (Phi) is 23.3. The van der Waals surface area contributed by atoms with E-state index < -0.39 is 102 Å². The van der Waals surface area contributed by atoms with Gasteiger partial charge in [-0.1, -0.05) is 64.4 Å². The smallest absolute Gasteiger partial charge is 0.326 e. The summed E-state index contributed by atoms with van der Waals surface area (Å²) in [5, 5.41) is 27.9. The van der Waals surface area contributed by atoms with E-state index in [9.17, 15) is 43.5 Å². The van der Waals surface area contributed by atoms with Crippen LogP contribution in [-0.4, -0.2) is 124 Å². The highest BCUT2D eigenvalue weighted by Crippen LogP contribution is 2.13. The summed E-state index contributed by atoms with van der Waals surface area (Å²) in [6.45, 7) is 8.34. The van der Waals surface area contributed by atoms with E-state index in [1.54, 1.807) is 44.2 Å². The summed E-state index contributed by atoms with van der Waals surface area (Å²) >= 11 is 4.16. The Hall–Kier alpha value is -5.54. The fourth-order valence-electron chi connectivity index (χ4n) is 6.13. The van der Waals surface area contributed by atoms with Gasteiger partial charge >= 0.3 is 5.97 Å².